The van der Waals surface area contributed by atoms with Crippen LogP contribution in [0.5, 0.6) is 5.75 Å². The molecule has 1 fully saturated rings. The van der Waals surface area contributed by atoms with E-state index in [1.807, 2.05) is 18.2 Å². The highest BCUT2D eigenvalue weighted by molar-refractivity contribution is 6.06. The van der Waals surface area contributed by atoms with Gasteiger partial charge in [0.15, 0.2) is 0 Å². The van der Waals surface area contributed by atoms with Crippen LogP contribution in [0.3, 0.4) is 0 Å². The van der Waals surface area contributed by atoms with Gasteiger partial charge in [0, 0.05) is 24.3 Å². The standard InChI is InChI=1S/C22H29N3O2/c1-14-8-15(2)13-25(12-14)21-11-20(19(23)9-16(21)3)24-22(26)17-6-5-7-18(10-17)27-4/h5-7,9-11,14-15H,8,12-13,23H2,1-4H3,(H,24,26)/t14-,15-/m1/s1. The number of nitrogen functional groups attached to an aromatic ring is 1. The summed E-state index contributed by atoms with van der Waals surface area (Å²) in [4.78, 5) is 15.1. The Kier molecular flexibility index (Phi) is 5.59. The van der Waals surface area contributed by atoms with Crippen LogP contribution in [0.4, 0.5) is 17.1 Å². The lowest BCUT2D eigenvalue weighted by atomic mass is 9.91. The molecule has 0 unspecified atom stereocenters. The van der Waals surface area contributed by atoms with Gasteiger partial charge < -0.3 is 20.7 Å². The van der Waals surface area contributed by atoms with E-state index >= 15 is 0 Å². The molecule has 144 valence electrons. The minimum Gasteiger partial charge on any atom is -0.497 e. The molecule has 1 aliphatic heterocycles. The minimum atomic E-state index is -0.198. The maximum absolute atomic E-state index is 12.7. The van der Waals surface area contributed by atoms with Gasteiger partial charge in [-0.2, -0.15) is 0 Å². The molecule has 5 nitrogen and oxygen atoms in total. The number of benzene rings is 2. The van der Waals surface area contributed by atoms with Crippen molar-refractivity contribution in [2.75, 3.05) is 36.1 Å². The summed E-state index contributed by atoms with van der Waals surface area (Å²) in [5.41, 5.74) is 10.2. The van der Waals surface area contributed by atoms with Crippen molar-refractivity contribution in [3.8, 4) is 5.75 Å². The Morgan fingerprint density at radius 2 is 1.89 bits per heavy atom. The zero-order chi connectivity index (χ0) is 19.6. The quantitative estimate of drug-likeness (QED) is 0.790. The lowest BCUT2D eigenvalue weighted by Crippen LogP contribution is -2.39. The number of nitrogens with zero attached hydrogens (tertiary/aromatic N) is 1. The predicted octanol–water partition coefficient (Wildman–Crippen LogP) is 4.32. The van der Waals surface area contributed by atoms with Crippen LogP contribution < -0.4 is 20.7 Å². The van der Waals surface area contributed by atoms with Crippen molar-refractivity contribution in [1.82, 2.24) is 0 Å². The van der Waals surface area contributed by atoms with E-state index < -0.39 is 0 Å². The Bertz CT molecular complexity index is 824. The third kappa shape index (κ3) is 4.35. The molecule has 3 N–H and O–H groups in total. The summed E-state index contributed by atoms with van der Waals surface area (Å²) >= 11 is 0. The van der Waals surface area contributed by atoms with Crippen molar-refractivity contribution in [2.45, 2.75) is 27.2 Å². The van der Waals surface area contributed by atoms with E-state index in [4.69, 9.17) is 10.5 Å². The van der Waals surface area contributed by atoms with Gasteiger partial charge in [-0.15, -0.1) is 0 Å². The molecule has 0 radical (unpaired) electrons. The molecular formula is C22H29N3O2. The van der Waals surface area contributed by atoms with Crippen LogP contribution in [0, 0.1) is 18.8 Å². The summed E-state index contributed by atoms with van der Waals surface area (Å²) in [7, 11) is 1.59. The topological polar surface area (TPSA) is 67.6 Å². The Labute approximate surface area is 161 Å². The van der Waals surface area contributed by atoms with Gasteiger partial charge in [0.1, 0.15) is 5.75 Å². The van der Waals surface area contributed by atoms with Crippen LogP contribution >= 0.6 is 0 Å². The molecule has 1 heterocycles. The van der Waals surface area contributed by atoms with E-state index in [1.165, 1.54) is 6.42 Å². The number of amides is 1. The zero-order valence-electron chi connectivity index (χ0n) is 16.6. The summed E-state index contributed by atoms with van der Waals surface area (Å²) in [6.45, 7) is 8.71. The molecule has 2 aromatic carbocycles. The van der Waals surface area contributed by atoms with Gasteiger partial charge in [0.25, 0.3) is 5.91 Å². The average molecular weight is 367 g/mol. The zero-order valence-corrected chi connectivity index (χ0v) is 16.6. The highest BCUT2D eigenvalue weighted by Gasteiger charge is 2.24. The van der Waals surface area contributed by atoms with Crippen molar-refractivity contribution in [3.63, 3.8) is 0 Å². The Morgan fingerprint density at radius 3 is 2.56 bits per heavy atom. The molecule has 1 aliphatic rings. The van der Waals surface area contributed by atoms with E-state index in [2.05, 4.69) is 31.0 Å². The number of hydrogen-bond acceptors (Lipinski definition) is 4. The molecule has 3 rings (SSSR count). The number of hydrogen-bond donors (Lipinski definition) is 2. The molecule has 0 bridgehead atoms. The van der Waals surface area contributed by atoms with Crippen molar-refractivity contribution < 1.29 is 9.53 Å². The van der Waals surface area contributed by atoms with Crippen molar-refractivity contribution in [1.29, 1.82) is 0 Å². The number of ether oxygens (including phenoxy) is 1. The number of carbonyl (C=O) groups is 1. The van der Waals surface area contributed by atoms with Gasteiger partial charge in [-0.1, -0.05) is 19.9 Å². The minimum absolute atomic E-state index is 0.198. The second-order valence-electron chi connectivity index (χ2n) is 7.76. The number of methoxy groups -OCH3 is 1. The van der Waals surface area contributed by atoms with Gasteiger partial charge in [-0.3, -0.25) is 4.79 Å². The lowest BCUT2D eigenvalue weighted by molar-refractivity contribution is 0.102. The molecular weight excluding hydrogens is 338 g/mol. The first kappa shape index (κ1) is 19.1. The third-order valence-electron chi connectivity index (χ3n) is 5.16. The Balaban J connectivity index is 1.86. The highest BCUT2D eigenvalue weighted by atomic mass is 16.5. The van der Waals surface area contributed by atoms with Crippen molar-refractivity contribution in [3.05, 3.63) is 47.5 Å². The van der Waals surface area contributed by atoms with Crippen LogP contribution in [0.1, 0.15) is 36.2 Å². The summed E-state index contributed by atoms with van der Waals surface area (Å²) < 4.78 is 5.20. The number of piperidine rings is 1. The summed E-state index contributed by atoms with van der Waals surface area (Å²) in [6, 6.07) is 11.0. The number of aryl methyl sites for hydroxylation is 1. The lowest BCUT2D eigenvalue weighted by Gasteiger charge is -2.37. The normalized spacial score (nSPS) is 19.6. The SMILES string of the molecule is COc1cccc(C(=O)Nc2cc(N3C[C@H](C)C[C@@H](C)C3)c(C)cc2N)c1. The average Bonchev–Trinajstić information content (AvgIpc) is 2.63. The van der Waals surface area contributed by atoms with Crippen molar-refractivity contribution >= 4 is 23.0 Å². The first-order chi connectivity index (χ1) is 12.9. The molecule has 5 heteroatoms. The fourth-order valence-corrected chi connectivity index (χ4v) is 3.99. The number of nitrogens with two attached hydrogens (primary N) is 1. The third-order valence-corrected chi connectivity index (χ3v) is 5.16. The van der Waals surface area contributed by atoms with E-state index in [0.29, 0.717) is 34.5 Å². The molecule has 0 saturated carbocycles. The summed E-state index contributed by atoms with van der Waals surface area (Å²) in [6.07, 6.45) is 1.25. The molecule has 0 aliphatic carbocycles. The van der Waals surface area contributed by atoms with E-state index in [1.54, 1.807) is 25.3 Å². The molecule has 27 heavy (non-hydrogen) atoms. The Morgan fingerprint density at radius 1 is 1.19 bits per heavy atom. The molecule has 0 aromatic heterocycles. The summed E-state index contributed by atoms with van der Waals surface area (Å²) in [5, 5.41) is 2.96. The molecule has 1 amide bonds. The largest absolute Gasteiger partial charge is 0.497 e. The number of carbonyl (C=O) groups excluding carboxylic acids is 1. The van der Waals surface area contributed by atoms with Crippen LogP contribution in [0.25, 0.3) is 0 Å². The maximum Gasteiger partial charge on any atom is 0.255 e. The van der Waals surface area contributed by atoms with Crippen molar-refractivity contribution in [2.24, 2.45) is 11.8 Å². The van der Waals surface area contributed by atoms with Gasteiger partial charge >= 0.3 is 0 Å². The second-order valence-corrected chi connectivity index (χ2v) is 7.76. The number of nitrogens with one attached hydrogen (secondary N) is 1. The number of rotatable bonds is 4. The van der Waals surface area contributed by atoms with Crippen LogP contribution in [-0.4, -0.2) is 26.1 Å². The second kappa shape index (κ2) is 7.91. The fraction of sp³-hybridized carbons (Fsp3) is 0.409. The maximum atomic E-state index is 12.7. The van der Waals surface area contributed by atoms with Gasteiger partial charge in [-0.05, 0) is 61.1 Å². The molecule has 0 spiro atoms. The summed E-state index contributed by atoms with van der Waals surface area (Å²) in [5.74, 6) is 1.76. The smallest absolute Gasteiger partial charge is 0.255 e. The molecule has 2 aromatic rings. The monoisotopic (exact) mass is 367 g/mol. The van der Waals surface area contributed by atoms with Crippen LogP contribution in [0.15, 0.2) is 36.4 Å². The van der Waals surface area contributed by atoms with Gasteiger partial charge in [-0.25, -0.2) is 0 Å². The Hall–Kier alpha value is -2.69. The van der Waals surface area contributed by atoms with E-state index in [9.17, 15) is 4.79 Å². The fourth-order valence-electron chi connectivity index (χ4n) is 3.99. The first-order valence-corrected chi connectivity index (χ1v) is 9.47. The van der Waals surface area contributed by atoms with Crippen LogP contribution in [0.2, 0.25) is 0 Å². The first-order valence-electron chi connectivity index (χ1n) is 9.47. The van der Waals surface area contributed by atoms with Crippen LogP contribution in [-0.2, 0) is 0 Å². The molecule has 1 saturated heterocycles. The predicted molar refractivity (Wildman–Crippen MR) is 112 cm³/mol. The van der Waals surface area contributed by atoms with E-state index in [0.717, 1.165) is 24.3 Å². The highest BCUT2D eigenvalue weighted by Crippen LogP contribution is 2.34. The van der Waals surface area contributed by atoms with Gasteiger partial charge in [0.2, 0.25) is 0 Å². The molecule has 2 atom stereocenters. The van der Waals surface area contributed by atoms with Gasteiger partial charge in [0.05, 0.1) is 18.5 Å². The van der Waals surface area contributed by atoms with E-state index in [-0.39, 0.29) is 5.91 Å². The number of anilines is 3.